The lowest BCUT2D eigenvalue weighted by molar-refractivity contribution is -0.121. The SMILES string of the molecule is O=C(Cc1csc(-c2ccco2)n1)N[C@H]1CCN2CCC[C@H]12. The van der Waals surface area contributed by atoms with Crippen molar-refractivity contribution >= 4 is 17.2 Å². The molecule has 0 radical (unpaired) electrons. The van der Waals surface area contributed by atoms with E-state index in [0.29, 0.717) is 18.5 Å². The van der Waals surface area contributed by atoms with Crippen LogP contribution in [-0.2, 0) is 11.2 Å². The van der Waals surface area contributed by atoms with Crippen LogP contribution in [0, 0.1) is 0 Å². The Morgan fingerprint density at radius 2 is 2.41 bits per heavy atom. The summed E-state index contributed by atoms with van der Waals surface area (Å²) in [6, 6.07) is 4.60. The van der Waals surface area contributed by atoms with Gasteiger partial charge in [0.2, 0.25) is 5.91 Å². The van der Waals surface area contributed by atoms with Gasteiger partial charge in [-0.1, -0.05) is 0 Å². The molecular weight excluding hydrogens is 298 g/mol. The number of nitrogens with zero attached hydrogens (tertiary/aromatic N) is 2. The molecular formula is C16H19N3O2S. The Kier molecular flexibility index (Phi) is 3.72. The van der Waals surface area contributed by atoms with E-state index < -0.39 is 0 Å². The Hall–Kier alpha value is -1.66. The molecule has 116 valence electrons. The zero-order valence-corrected chi connectivity index (χ0v) is 13.1. The summed E-state index contributed by atoms with van der Waals surface area (Å²) >= 11 is 1.51. The van der Waals surface area contributed by atoms with Crippen LogP contribution in [0.2, 0.25) is 0 Å². The van der Waals surface area contributed by atoms with Gasteiger partial charge in [0, 0.05) is 24.0 Å². The van der Waals surface area contributed by atoms with Gasteiger partial charge in [0.05, 0.1) is 18.4 Å². The molecule has 0 saturated carbocycles. The first-order chi connectivity index (χ1) is 10.8. The standard InChI is InChI=1S/C16H19N3O2S/c20-15(18-12-5-7-19-6-1-3-13(12)19)9-11-10-22-16(17-11)14-4-2-8-21-14/h2,4,8,10,12-13H,1,3,5-7,9H2,(H,18,20)/t12-,13+/m0/s1. The Morgan fingerprint density at radius 3 is 3.27 bits per heavy atom. The van der Waals surface area contributed by atoms with Crippen LogP contribution in [0.4, 0.5) is 0 Å². The van der Waals surface area contributed by atoms with Crippen LogP contribution in [0.5, 0.6) is 0 Å². The number of nitrogens with one attached hydrogen (secondary N) is 1. The molecule has 5 nitrogen and oxygen atoms in total. The molecule has 0 aliphatic carbocycles. The average Bonchev–Trinajstić information content (AvgIpc) is 3.24. The van der Waals surface area contributed by atoms with E-state index in [1.54, 1.807) is 6.26 Å². The summed E-state index contributed by atoms with van der Waals surface area (Å²) in [4.78, 5) is 19.3. The van der Waals surface area contributed by atoms with Crippen LogP contribution in [-0.4, -0.2) is 41.0 Å². The number of hydrogen-bond donors (Lipinski definition) is 1. The minimum absolute atomic E-state index is 0.0787. The molecule has 0 unspecified atom stereocenters. The highest BCUT2D eigenvalue weighted by molar-refractivity contribution is 7.13. The topological polar surface area (TPSA) is 58.4 Å². The van der Waals surface area contributed by atoms with Gasteiger partial charge in [-0.15, -0.1) is 11.3 Å². The molecule has 2 aromatic heterocycles. The first-order valence-corrected chi connectivity index (χ1v) is 8.69. The van der Waals surface area contributed by atoms with E-state index in [1.807, 2.05) is 17.5 Å². The summed E-state index contributed by atoms with van der Waals surface area (Å²) in [6.07, 6.45) is 5.53. The third-order valence-electron chi connectivity index (χ3n) is 4.58. The highest BCUT2D eigenvalue weighted by Crippen LogP contribution is 2.28. The summed E-state index contributed by atoms with van der Waals surface area (Å²) in [5.74, 6) is 0.837. The highest BCUT2D eigenvalue weighted by atomic mass is 32.1. The van der Waals surface area contributed by atoms with Gasteiger partial charge in [0.25, 0.3) is 0 Å². The third kappa shape index (κ3) is 2.68. The molecule has 2 aliphatic heterocycles. The number of fused-ring (bicyclic) bond motifs is 1. The zero-order chi connectivity index (χ0) is 14.9. The van der Waals surface area contributed by atoms with Crippen molar-refractivity contribution in [1.82, 2.24) is 15.2 Å². The maximum Gasteiger partial charge on any atom is 0.226 e. The van der Waals surface area contributed by atoms with E-state index in [1.165, 1.54) is 30.7 Å². The van der Waals surface area contributed by atoms with Crippen molar-refractivity contribution in [2.24, 2.45) is 0 Å². The second-order valence-corrected chi connectivity index (χ2v) is 6.86. The van der Waals surface area contributed by atoms with Crippen LogP contribution >= 0.6 is 11.3 Å². The Bertz CT molecular complexity index is 652. The molecule has 2 saturated heterocycles. The van der Waals surface area contributed by atoms with Crippen LogP contribution < -0.4 is 5.32 Å². The molecule has 4 heterocycles. The normalized spacial score (nSPS) is 24.5. The smallest absolute Gasteiger partial charge is 0.226 e. The molecule has 4 rings (SSSR count). The van der Waals surface area contributed by atoms with Crippen LogP contribution in [0.1, 0.15) is 25.0 Å². The summed E-state index contributed by atoms with van der Waals surface area (Å²) in [6.45, 7) is 2.31. The van der Waals surface area contributed by atoms with E-state index in [2.05, 4.69) is 15.2 Å². The van der Waals surface area contributed by atoms with Crippen molar-refractivity contribution in [1.29, 1.82) is 0 Å². The van der Waals surface area contributed by atoms with E-state index in [-0.39, 0.29) is 5.91 Å². The number of rotatable bonds is 4. The number of carbonyl (C=O) groups excluding carboxylic acids is 1. The van der Waals surface area contributed by atoms with Gasteiger partial charge in [0.15, 0.2) is 10.8 Å². The Labute approximate surface area is 133 Å². The first-order valence-electron chi connectivity index (χ1n) is 7.81. The molecule has 2 aromatic rings. The number of furan rings is 1. The van der Waals surface area contributed by atoms with Gasteiger partial charge in [-0.3, -0.25) is 9.69 Å². The highest BCUT2D eigenvalue weighted by Gasteiger charge is 2.37. The van der Waals surface area contributed by atoms with Crippen molar-refractivity contribution < 1.29 is 9.21 Å². The molecule has 2 atom stereocenters. The fourth-order valence-electron chi connectivity index (χ4n) is 3.57. The quantitative estimate of drug-likeness (QED) is 0.940. The van der Waals surface area contributed by atoms with E-state index in [9.17, 15) is 4.79 Å². The van der Waals surface area contributed by atoms with Crippen molar-refractivity contribution in [3.63, 3.8) is 0 Å². The lowest BCUT2D eigenvalue weighted by atomic mass is 10.1. The van der Waals surface area contributed by atoms with E-state index in [0.717, 1.165) is 29.4 Å². The summed E-state index contributed by atoms with van der Waals surface area (Å²) in [5.41, 5.74) is 0.815. The number of hydrogen-bond acceptors (Lipinski definition) is 5. The maximum atomic E-state index is 12.3. The summed E-state index contributed by atoms with van der Waals surface area (Å²) in [5, 5.41) is 5.97. The molecule has 0 aromatic carbocycles. The molecule has 6 heteroatoms. The van der Waals surface area contributed by atoms with Gasteiger partial charge in [-0.2, -0.15) is 0 Å². The second kappa shape index (κ2) is 5.85. The second-order valence-electron chi connectivity index (χ2n) is 6.01. The van der Waals surface area contributed by atoms with Gasteiger partial charge in [0.1, 0.15) is 0 Å². The first kappa shape index (κ1) is 14.0. The fraction of sp³-hybridized carbons (Fsp3) is 0.500. The zero-order valence-electron chi connectivity index (χ0n) is 12.3. The Balaban J connectivity index is 1.36. The molecule has 1 N–H and O–H groups in total. The molecule has 0 bridgehead atoms. The van der Waals surface area contributed by atoms with Gasteiger partial charge < -0.3 is 9.73 Å². The number of aromatic nitrogens is 1. The Morgan fingerprint density at radius 1 is 1.45 bits per heavy atom. The average molecular weight is 317 g/mol. The predicted molar refractivity (Wildman–Crippen MR) is 84.7 cm³/mol. The fourth-order valence-corrected chi connectivity index (χ4v) is 4.36. The number of amides is 1. The largest absolute Gasteiger partial charge is 0.462 e. The van der Waals surface area contributed by atoms with E-state index in [4.69, 9.17) is 4.42 Å². The molecule has 2 fully saturated rings. The monoisotopic (exact) mass is 317 g/mol. The van der Waals surface area contributed by atoms with Gasteiger partial charge >= 0.3 is 0 Å². The lowest BCUT2D eigenvalue weighted by Gasteiger charge is -2.21. The summed E-state index contributed by atoms with van der Waals surface area (Å²) < 4.78 is 5.33. The van der Waals surface area contributed by atoms with Crippen molar-refractivity contribution in [3.05, 3.63) is 29.5 Å². The van der Waals surface area contributed by atoms with Crippen molar-refractivity contribution in [3.8, 4) is 10.8 Å². The van der Waals surface area contributed by atoms with E-state index >= 15 is 0 Å². The number of thiazole rings is 1. The minimum atomic E-state index is 0.0787. The van der Waals surface area contributed by atoms with Crippen LogP contribution in [0.25, 0.3) is 10.8 Å². The van der Waals surface area contributed by atoms with Gasteiger partial charge in [-0.25, -0.2) is 4.98 Å². The van der Waals surface area contributed by atoms with Crippen LogP contribution in [0.15, 0.2) is 28.2 Å². The predicted octanol–water partition coefficient (Wildman–Crippen LogP) is 2.30. The summed E-state index contributed by atoms with van der Waals surface area (Å²) in [7, 11) is 0. The molecule has 22 heavy (non-hydrogen) atoms. The van der Waals surface area contributed by atoms with Crippen molar-refractivity contribution in [2.75, 3.05) is 13.1 Å². The third-order valence-corrected chi connectivity index (χ3v) is 5.48. The molecule has 1 amide bonds. The minimum Gasteiger partial charge on any atom is -0.462 e. The number of carbonyl (C=O) groups is 1. The van der Waals surface area contributed by atoms with Crippen LogP contribution in [0.3, 0.4) is 0 Å². The van der Waals surface area contributed by atoms with Gasteiger partial charge in [-0.05, 0) is 37.9 Å². The molecule has 0 spiro atoms. The lowest BCUT2D eigenvalue weighted by Crippen LogP contribution is -2.42. The maximum absolute atomic E-state index is 12.3. The van der Waals surface area contributed by atoms with Crippen molar-refractivity contribution in [2.45, 2.75) is 37.8 Å². The molecule has 2 aliphatic rings.